The van der Waals surface area contributed by atoms with Crippen molar-refractivity contribution in [2.24, 2.45) is 0 Å². The van der Waals surface area contributed by atoms with Crippen LogP contribution in [0.15, 0.2) is 41.3 Å². The number of nitrogens with one attached hydrogen (secondary N) is 2. The molecule has 3 rings (SSSR count). The summed E-state index contributed by atoms with van der Waals surface area (Å²) in [6.45, 7) is 4.20. The molecule has 27 heavy (non-hydrogen) atoms. The summed E-state index contributed by atoms with van der Waals surface area (Å²) < 4.78 is 39.4. The van der Waals surface area contributed by atoms with E-state index < -0.39 is 10.0 Å². The molecule has 0 fully saturated rings. The summed E-state index contributed by atoms with van der Waals surface area (Å²) in [6.07, 6.45) is 0.794. The summed E-state index contributed by atoms with van der Waals surface area (Å²) in [5.41, 5.74) is 1.69. The van der Waals surface area contributed by atoms with Gasteiger partial charge in [-0.15, -0.1) is 0 Å². The number of carbonyl (C=O) groups excluding carboxylic acids is 1. The lowest BCUT2D eigenvalue weighted by molar-refractivity contribution is 0.0963. The maximum Gasteiger partial charge on any atom is 0.262 e. The summed E-state index contributed by atoms with van der Waals surface area (Å²) in [7, 11) is -2.34. The van der Waals surface area contributed by atoms with Crippen LogP contribution in [-0.4, -0.2) is 34.1 Å². The highest BCUT2D eigenvalue weighted by molar-refractivity contribution is 7.92. The molecular formula is C19H22N2O5S. The first-order valence-corrected chi connectivity index (χ1v) is 10.1. The quantitative estimate of drug-likeness (QED) is 0.791. The Labute approximate surface area is 158 Å². The zero-order chi connectivity index (χ0) is 19.6. The average molecular weight is 390 g/mol. The van der Waals surface area contributed by atoms with Gasteiger partial charge in [0, 0.05) is 30.7 Å². The number of carbonyl (C=O) groups is 1. The van der Waals surface area contributed by atoms with E-state index in [0.717, 1.165) is 12.0 Å². The number of sulfonamides is 1. The standard InChI is InChI=1S/C19H22N2O5S/c1-4-25-18-10-14-9-12(2)26-17(14)11-16(18)21-27(23,24)15-7-5-13(6-8-15)19(22)20-3/h5-8,10-12,21H,4,9H2,1-3H3,(H,20,22). The van der Waals surface area contributed by atoms with Crippen molar-refractivity contribution in [1.82, 2.24) is 5.32 Å². The molecule has 1 aliphatic heterocycles. The van der Waals surface area contributed by atoms with E-state index in [2.05, 4.69) is 10.0 Å². The fourth-order valence-corrected chi connectivity index (χ4v) is 3.99. The normalized spacial score (nSPS) is 15.6. The molecule has 0 saturated heterocycles. The van der Waals surface area contributed by atoms with E-state index in [1.54, 1.807) is 6.07 Å². The second kappa shape index (κ2) is 7.48. The SMILES string of the molecule is CCOc1cc2c(cc1NS(=O)(=O)c1ccc(C(=O)NC)cc1)OC(C)C2. The second-order valence-corrected chi connectivity index (χ2v) is 7.91. The van der Waals surface area contributed by atoms with Crippen molar-refractivity contribution >= 4 is 21.6 Å². The summed E-state index contributed by atoms with van der Waals surface area (Å²) in [6, 6.07) is 9.17. The number of fused-ring (bicyclic) bond motifs is 1. The topological polar surface area (TPSA) is 93.7 Å². The van der Waals surface area contributed by atoms with Crippen molar-refractivity contribution in [3.63, 3.8) is 0 Å². The first-order valence-electron chi connectivity index (χ1n) is 8.65. The molecule has 0 spiro atoms. The molecule has 0 radical (unpaired) electrons. The summed E-state index contributed by atoms with van der Waals surface area (Å²) >= 11 is 0. The van der Waals surface area contributed by atoms with Gasteiger partial charge in [-0.1, -0.05) is 0 Å². The van der Waals surface area contributed by atoms with E-state index in [9.17, 15) is 13.2 Å². The smallest absolute Gasteiger partial charge is 0.262 e. The molecule has 1 atom stereocenters. The lowest BCUT2D eigenvalue weighted by Crippen LogP contribution is -2.18. The van der Waals surface area contributed by atoms with E-state index in [4.69, 9.17) is 9.47 Å². The van der Waals surface area contributed by atoms with Crippen molar-refractivity contribution in [3.8, 4) is 11.5 Å². The molecule has 2 aromatic rings. The van der Waals surface area contributed by atoms with Gasteiger partial charge >= 0.3 is 0 Å². The molecule has 8 heteroatoms. The minimum atomic E-state index is -3.85. The van der Waals surface area contributed by atoms with Crippen LogP contribution in [0.25, 0.3) is 0 Å². The molecular weight excluding hydrogens is 368 g/mol. The van der Waals surface area contributed by atoms with E-state index in [1.807, 2.05) is 19.9 Å². The predicted octanol–water partition coefficient (Wildman–Crippen LogP) is 2.57. The molecule has 7 nitrogen and oxygen atoms in total. The van der Waals surface area contributed by atoms with Gasteiger partial charge in [0.25, 0.3) is 15.9 Å². The highest BCUT2D eigenvalue weighted by Crippen LogP contribution is 2.38. The minimum Gasteiger partial charge on any atom is -0.492 e. The van der Waals surface area contributed by atoms with Crippen LogP contribution >= 0.6 is 0 Å². The van der Waals surface area contributed by atoms with Gasteiger partial charge in [-0.3, -0.25) is 9.52 Å². The fourth-order valence-electron chi connectivity index (χ4n) is 2.93. The molecule has 0 saturated carbocycles. The molecule has 2 aromatic carbocycles. The third kappa shape index (κ3) is 4.00. The van der Waals surface area contributed by atoms with E-state index in [-0.39, 0.29) is 16.9 Å². The summed E-state index contributed by atoms with van der Waals surface area (Å²) in [5.74, 6) is 0.827. The number of ether oxygens (including phenoxy) is 2. The highest BCUT2D eigenvalue weighted by Gasteiger charge is 2.24. The Morgan fingerprint density at radius 3 is 2.59 bits per heavy atom. The van der Waals surface area contributed by atoms with Crippen LogP contribution in [0.2, 0.25) is 0 Å². The molecule has 0 aromatic heterocycles. The Hall–Kier alpha value is -2.74. The van der Waals surface area contributed by atoms with Crippen molar-refractivity contribution in [1.29, 1.82) is 0 Å². The van der Waals surface area contributed by atoms with Crippen molar-refractivity contribution < 1.29 is 22.7 Å². The van der Waals surface area contributed by atoms with Crippen molar-refractivity contribution in [2.75, 3.05) is 18.4 Å². The second-order valence-electron chi connectivity index (χ2n) is 6.23. The number of benzene rings is 2. The number of rotatable bonds is 6. The molecule has 1 amide bonds. The number of hydrogen-bond donors (Lipinski definition) is 2. The lowest BCUT2D eigenvalue weighted by Gasteiger charge is -2.15. The monoisotopic (exact) mass is 390 g/mol. The van der Waals surface area contributed by atoms with Crippen LogP contribution in [0.5, 0.6) is 11.5 Å². The predicted molar refractivity (Wildman–Crippen MR) is 102 cm³/mol. The van der Waals surface area contributed by atoms with Crippen LogP contribution < -0.4 is 19.5 Å². The van der Waals surface area contributed by atoms with E-state index >= 15 is 0 Å². The molecule has 1 heterocycles. The Balaban J connectivity index is 1.91. The zero-order valence-electron chi connectivity index (χ0n) is 15.4. The third-order valence-electron chi connectivity index (χ3n) is 4.20. The van der Waals surface area contributed by atoms with Gasteiger partial charge in [0.05, 0.1) is 17.2 Å². The zero-order valence-corrected chi connectivity index (χ0v) is 16.2. The molecule has 1 unspecified atom stereocenters. The van der Waals surface area contributed by atoms with Crippen LogP contribution in [0.3, 0.4) is 0 Å². The van der Waals surface area contributed by atoms with E-state index in [0.29, 0.717) is 29.4 Å². The Morgan fingerprint density at radius 1 is 1.26 bits per heavy atom. The molecule has 1 aliphatic rings. The van der Waals surface area contributed by atoms with Crippen LogP contribution in [-0.2, 0) is 16.4 Å². The highest BCUT2D eigenvalue weighted by atomic mass is 32.2. The summed E-state index contributed by atoms with van der Waals surface area (Å²) in [5, 5.41) is 2.49. The summed E-state index contributed by atoms with van der Waals surface area (Å²) in [4.78, 5) is 11.7. The largest absolute Gasteiger partial charge is 0.492 e. The maximum atomic E-state index is 12.8. The first-order chi connectivity index (χ1) is 12.8. The van der Waals surface area contributed by atoms with E-state index in [1.165, 1.54) is 31.3 Å². The van der Waals surface area contributed by atoms with Gasteiger partial charge < -0.3 is 14.8 Å². The first kappa shape index (κ1) is 19.0. The van der Waals surface area contributed by atoms with Gasteiger partial charge in [0.1, 0.15) is 17.6 Å². The number of anilines is 1. The average Bonchev–Trinajstić information content (AvgIpc) is 3.00. The number of hydrogen-bond acceptors (Lipinski definition) is 5. The van der Waals surface area contributed by atoms with Crippen molar-refractivity contribution in [2.45, 2.75) is 31.3 Å². The Kier molecular flexibility index (Phi) is 5.27. The van der Waals surface area contributed by atoms with Crippen LogP contribution in [0.4, 0.5) is 5.69 Å². The third-order valence-corrected chi connectivity index (χ3v) is 5.58. The van der Waals surface area contributed by atoms with Gasteiger partial charge in [0.2, 0.25) is 0 Å². The van der Waals surface area contributed by atoms with Gasteiger partial charge in [-0.25, -0.2) is 8.42 Å². The van der Waals surface area contributed by atoms with Gasteiger partial charge in [-0.05, 0) is 44.2 Å². The molecule has 2 N–H and O–H groups in total. The fraction of sp³-hybridized carbons (Fsp3) is 0.316. The molecule has 0 aliphatic carbocycles. The molecule has 0 bridgehead atoms. The lowest BCUT2D eigenvalue weighted by atomic mass is 10.1. The van der Waals surface area contributed by atoms with Crippen LogP contribution in [0, 0.1) is 0 Å². The van der Waals surface area contributed by atoms with Crippen LogP contribution in [0.1, 0.15) is 29.8 Å². The van der Waals surface area contributed by atoms with Gasteiger partial charge in [-0.2, -0.15) is 0 Å². The Morgan fingerprint density at radius 2 is 1.96 bits per heavy atom. The Bertz CT molecular complexity index is 955. The number of amides is 1. The van der Waals surface area contributed by atoms with Gasteiger partial charge in [0.15, 0.2) is 0 Å². The minimum absolute atomic E-state index is 0.0404. The molecule has 144 valence electrons. The maximum absolute atomic E-state index is 12.8. The van der Waals surface area contributed by atoms with Crippen molar-refractivity contribution in [3.05, 3.63) is 47.5 Å².